The van der Waals surface area contributed by atoms with Crippen LogP contribution < -0.4 is 10.6 Å². The van der Waals surface area contributed by atoms with Crippen molar-refractivity contribution in [1.82, 2.24) is 30.3 Å². The van der Waals surface area contributed by atoms with E-state index in [0.717, 1.165) is 48.2 Å². The molecule has 0 saturated carbocycles. The van der Waals surface area contributed by atoms with Crippen molar-refractivity contribution in [3.05, 3.63) is 77.2 Å². The fourth-order valence-electron chi connectivity index (χ4n) is 4.32. The maximum absolute atomic E-state index is 4.58. The number of guanidine groups is 1. The van der Waals surface area contributed by atoms with Crippen LogP contribution in [0.3, 0.4) is 0 Å². The monoisotopic (exact) mass is 559 g/mol. The first kappa shape index (κ1) is 25.2. The van der Waals surface area contributed by atoms with Gasteiger partial charge in [0.1, 0.15) is 0 Å². The number of aliphatic imine (C=N–C) groups is 1. The molecule has 1 aromatic carbocycles. The first-order valence-corrected chi connectivity index (χ1v) is 11.3. The van der Waals surface area contributed by atoms with Gasteiger partial charge < -0.3 is 10.6 Å². The van der Waals surface area contributed by atoms with Gasteiger partial charge in [-0.05, 0) is 50.5 Å². The predicted molar refractivity (Wildman–Crippen MR) is 144 cm³/mol. The van der Waals surface area contributed by atoms with Crippen molar-refractivity contribution >= 4 is 29.9 Å². The first-order valence-electron chi connectivity index (χ1n) is 11.3. The highest BCUT2D eigenvalue weighted by molar-refractivity contribution is 14.0. The Hall–Kier alpha value is -2.46. The molecule has 2 unspecified atom stereocenters. The Balaban J connectivity index is 0.00000306. The minimum Gasteiger partial charge on any atom is -0.352 e. The molecule has 0 aliphatic carbocycles. The van der Waals surface area contributed by atoms with Crippen molar-refractivity contribution in [2.75, 3.05) is 13.6 Å². The lowest BCUT2D eigenvalue weighted by molar-refractivity contribution is 0.258. The lowest BCUT2D eigenvalue weighted by Crippen LogP contribution is -2.44. The molecule has 3 aromatic rings. The van der Waals surface area contributed by atoms with Crippen LogP contribution in [0.25, 0.3) is 5.82 Å². The van der Waals surface area contributed by atoms with Crippen LogP contribution in [0, 0.1) is 13.8 Å². The van der Waals surface area contributed by atoms with Crippen LogP contribution in [0.1, 0.15) is 35.9 Å². The first-order chi connectivity index (χ1) is 15.5. The van der Waals surface area contributed by atoms with Crippen molar-refractivity contribution in [2.24, 2.45) is 4.99 Å². The fraction of sp³-hybridized carbons (Fsp3) is 0.400. The van der Waals surface area contributed by atoms with E-state index < -0.39 is 0 Å². The van der Waals surface area contributed by atoms with E-state index in [1.807, 2.05) is 37.8 Å². The van der Waals surface area contributed by atoms with Crippen molar-refractivity contribution in [3.8, 4) is 5.82 Å². The number of likely N-dealkylation sites (tertiary alicyclic amines) is 1. The Kier molecular flexibility index (Phi) is 8.85. The normalized spacial score (nSPS) is 18.7. The molecule has 0 radical (unpaired) electrons. The van der Waals surface area contributed by atoms with Crippen LogP contribution in [0.4, 0.5) is 0 Å². The molecule has 2 aromatic heterocycles. The third-order valence-electron chi connectivity index (χ3n) is 5.99. The number of hydrogen-bond donors (Lipinski definition) is 2. The van der Waals surface area contributed by atoms with Crippen LogP contribution in [0.15, 0.2) is 59.7 Å². The number of aromatic nitrogens is 3. The number of pyridine rings is 1. The van der Waals surface area contributed by atoms with Crippen LogP contribution in [-0.4, -0.2) is 51.3 Å². The maximum atomic E-state index is 4.58. The Morgan fingerprint density at radius 1 is 1.12 bits per heavy atom. The number of aryl methyl sites for hydroxylation is 2. The second kappa shape index (κ2) is 11.6. The molecule has 33 heavy (non-hydrogen) atoms. The zero-order valence-corrected chi connectivity index (χ0v) is 22.2. The molecule has 4 rings (SSSR count). The van der Waals surface area contributed by atoms with Gasteiger partial charge in [-0.2, -0.15) is 5.10 Å². The fourth-order valence-corrected chi connectivity index (χ4v) is 4.32. The van der Waals surface area contributed by atoms with Gasteiger partial charge in [0.05, 0.1) is 5.69 Å². The summed E-state index contributed by atoms with van der Waals surface area (Å²) in [4.78, 5) is 11.5. The second-order valence-electron chi connectivity index (χ2n) is 8.63. The molecule has 3 heterocycles. The Bertz CT molecular complexity index is 1050. The summed E-state index contributed by atoms with van der Waals surface area (Å²) in [6.45, 7) is 9.00. The molecule has 0 amide bonds. The lowest BCUT2D eigenvalue weighted by atomic mass is 10.2. The van der Waals surface area contributed by atoms with Crippen LogP contribution in [0.5, 0.6) is 0 Å². The summed E-state index contributed by atoms with van der Waals surface area (Å²) in [6.07, 6.45) is 3.00. The van der Waals surface area contributed by atoms with E-state index in [9.17, 15) is 0 Å². The third kappa shape index (κ3) is 6.54. The molecule has 1 fully saturated rings. The molecule has 2 N–H and O–H groups in total. The van der Waals surface area contributed by atoms with Crippen molar-refractivity contribution < 1.29 is 0 Å². The molecule has 1 saturated heterocycles. The zero-order chi connectivity index (χ0) is 22.5. The molecule has 1 aliphatic rings. The average Bonchev–Trinajstić information content (AvgIpc) is 3.32. The van der Waals surface area contributed by atoms with Gasteiger partial charge in [-0.15, -0.1) is 24.0 Å². The Morgan fingerprint density at radius 2 is 1.91 bits per heavy atom. The average molecular weight is 560 g/mol. The van der Waals surface area contributed by atoms with E-state index in [1.165, 1.54) is 5.56 Å². The van der Waals surface area contributed by atoms with Crippen LogP contribution in [0.2, 0.25) is 0 Å². The highest BCUT2D eigenvalue weighted by Gasteiger charge is 2.29. The van der Waals surface area contributed by atoms with Crippen molar-refractivity contribution in [1.29, 1.82) is 0 Å². The summed E-state index contributed by atoms with van der Waals surface area (Å²) < 4.78 is 1.87. The minimum atomic E-state index is 0. The number of rotatable bonds is 6. The SMILES string of the molecule is CN=C(NCc1ccc(-n2nc(C)cc2C)nc1)NC1CC(C)N(Cc2ccccc2)C1.I. The molecule has 7 nitrogen and oxygen atoms in total. The predicted octanol–water partition coefficient (Wildman–Crippen LogP) is 3.83. The zero-order valence-electron chi connectivity index (χ0n) is 19.8. The summed E-state index contributed by atoms with van der Waals surface area (Å²) in [5, 5.41) is 11.5. The molecular formula is C25H34IN7. The summed E-state index contributed by atoms with van der Waals surface area (Å²) in [6, 6.07) is 17.7. The standard InChI is InChI=1S/C25H33N7.HI/c1-18-12-20(3)32(30-18)24-11-10-22(14-27-24)15-28-25(26-4)29-23-13-19(2)31(17-23)16-21-8-6-5-7-9-21;/h5-12,14,19,23H,13,15-17H2,1-4H3,(H2,26,28,29);1H. The van der Waals surface area contributed by atoms with Gasteiger partial charge in [0, 0.05) is 50.7 Å². The molecule has 0 bridgehead atoms. The molecule has 1 aliphatic heterocycles. The van der Waals surface area contributed by atoms with Crippen LogP contribution in [-0.2, 0) is 13.1 Å². The van der Waals surface area contributed by atoms with Gasteiger partial charge in [-0.3, -0.25) is 9.89 Å². The van der Waals surface area contributed by atoms with Crippen molar-refractivity contribution in [3.63, 3.8) is 0 Å². The van der Waals surface area contributed by atoms with Gasteiger partial charge in [-0.25, -0.2) is 9.67 Å². The van der Waals surface area contributed by atoms with Gasteiger partial charge in [0.25, 0.3) is 0 Å². The largest absolute Gasteiger partial charge is 0.352 e. The number of nitrogens with zero attached hydrogens (tertiary/aromatic N) is 5. The molecule has 8 heteroatoms. The lowest BCUT2D eigenvalue weighted by Gasteiger charge is -2.21. The topological polar surface area (TPSA) is 70.4 Å². The van der Waals surface area contributed by atoms with Gasteiger partial charge in [0.2, 0.25) is 0 Å². The second-order valence-corrected chi connectivity index (χ2v) is 8.63. The number of halogens is 1. The van der Waals surface area contributed by atoms with E-state index in [1.54, 1.807) is 0 Å². The molecular weight excluding hydrogens is 525 g/mol. The Morgan fingerprint density at radius 3 is 2.55 bits per heavy atom. The number of nitrogens with one attached hydrogen (secondary N) is 2. The van der Waals surface area contributed by atoms with Gasteiger partial charge in [-0.1, -0.05) is 36.4 Å². The summed E-state index contributed by atoms with van der Waals surface area (Å²) in [7, 11) is 1.82. The summed E-state index contributed by atoms with van der Waals surface area (Å²) in [5.41, 5.74) is 4.54. The minimum absolute atomic E-state index is 0. The van der Waals surface area contributed by atoms with E-state index >= 15 is 0 Å². The third-order valence-corrected chi connectivity index (χ3v) is 5.99. The maximum Gasteiger partial charge on any atom is 0.191 e. The molecule has 2 atom stereocenters. The number of benzene rings is 1. The van der Waals surface area contributed by atoms with Gasteiger partial charge in [0.15, 0.2) is 11.8 Å². The van der Waals surface area contributed by atoms with Crippen LogP contribution >= 0.6 is 24.0 Å². The summed E-state index contributed by atoms with van der Waals surface area (Å²) in [5.74, 6) is 1.66. The quantitative estimate of drug-likeness (QED) is 0.273. The van der Waals surface area contributed by atoms with Crippen molar-refractivity contribution in [2.45, 2.75) is 52.4 Å². The smallest absolute Gasteiger partial charge is 0.191 e. The van der Waals surface area contributed by atoms with E-state index in [-0.39, 0.29) is 24.0 Å². The number of hydrogen-bond acceptors (Lipinski definition) is 4. The van der Waals surface area contributed by atoms with Gasteiger partial charge >= 0.3 is 0 Å². The molecule has 0 spiro atoms. The Labute approximate surface area is 213 Å². The molecule has 176 valence electrons. The highest BCUT2D eigenvalue weighted by Crippen LogP contribution is 2.20. The van der Waals surface area contributed by atoms with E-state index in [0.29, 0.717) is 18.6 Å². The summed E-state index contributed by atoms with van der Waals surface area (Å²) >= 11 is 0. The highest BCUT2D eigenvalue weighted by atomic mass is 127. The van der Waals surface area contributed by atoms with E-state index in [4.69, 9.17) is 0 Å². The van der Waals surface area contributed by atoms with E-state index in [2.05, 4.69) is 80.0 Å².